The van der Waals surface area contributed by atoms with E-state index in [0.717, 1.165) is 22.8 Å². The van der Waals surface area contributed by atoms with Gasteiger partial charge >= 0.3 is 0 Å². The van der Waals surface area contributed by atoms with Crippen LogP contribution in [0.2, 0.25) is 0 Å². The van der Waals surface area contributed by atoms with Crippen molar-refractivity contribution in [3.63, 3.8) is 0 Å². The normalized spacial score (nSPS) is 20.1. The topological polar surface area (TPSA) is 35.9 Å². The van der Waals surface area contributed by atoms with E-state index in [2.05, 4.69) is 56.1 Å². The van der Waals surface area contributed by atoms with Gasteiger partial charge in [0.2, 0.25) is 5.96 Å². The number of nitrogens with zero attached hydrogens (tertiary/aromatic N) is 3. The van der Waals surface area contributed by atoms with E-state index < -0.39 is 0 Å². The van der Waals surface area contributed by atoms with Gasteiger partial charge in [-0.25, -0.2) is 9.89 Å². The molecule has 1 aliphatic carbocycles. The van der Waals surface area contributed by atoms with Crippen LogP contribution in [0.25, 0.3) is 0 Å². The predicted octanol–water partition coefficient (Wildman–Crippen LogP) is 4.88. The van der Waals surface area contributed by atoms with Gasteiger partial charge in [-0.2, -0.15) is 0 Å². The summed E-state index contributed by atoms with van der Waals surface area (Å²) < 4.78 is 0. The SMILES string of the molecule is Cc1ccc(N2C(=O)C(Cc3ccccc3)N=C2N(C)C2CCCCC2)c(C)c1. The van der Waals surface area contributed by atoms with Crippen molar-refractivity contribution in [1.82, 2.24) is 4.90 Å². The average Bonchev–Trinajstić information content (AvgIpc) is 3.05. The number of guanidine groups is 1. The van der Waals surface area contributed by atoms with Crippen LogP contribution in [0.15, 0.2) is 53.5 Å². The quantitative estimate of drug-likeness (QED) is 0.747. The van der Waals surface area contributed by atoms with Crippen molar-refractivity contribution in [3.8, 4) is 0 Å². The van der Waals surface area contributed by atoms with E-state index in [9.17, 15) is 4.79 Å². The van der Waals surface area contributed by atoms with E-state index in [1.54, 1.807) is 0 Å². The minimum atomic E-state index is -0.362. The molecule has 0 aromatic heterocycles. The molecule has 0 bridgehead atoms. The summed E-state index contributed by atoms with van der Waals surface area (Å²) in [5, 5.41) is 0. The van der Waals surface area contributed by atoms with Crippen LogP contribution in [0.4, 0.5) is 5.69 Å². The molecule has 0 saturated heterocycles. The monoisotopic (exact) mass is 389 g/mol. The minimum absolute atomic E-state index is 0.0819. The van der Waals surface area contributed by atoms with Gasteiger partial charge in [-0.15, -0.1) is 0 Å². The third-order valence-electron chi connectivity index (χ3n) is 6.28. The Kier molecular flexibility index (Phi) is 5.70. The maximum atomic E-state index is 13.5. The molecule has 2 aromatic carbocycles. The molecule has 1 fully saturated rings. The van der Waals surface area contributed by atoms with Crippen molar-refractivity contribution in [3.05, 3.63) is 65.2 Å². The van der Waals surface area contributed by atoms with E-state index in [0.29, 0.717) is 12.5 Å². The fourth-order valence-corrected chi connectivity index (χ4v) is 4.63. The lowest BCUT2D eigenvalue weighted by Crippen LogP contribution is -2.48. The van der Waals surface area contributed by atoms with Crippen LogP contribution in [-0.4, -0.2) is 35.9 Å². The van der Waals surface area contributed by atoms with Gasteiger partial charge in [-0.3, -0.25) is 4.79 Å². The number of anilines is 1. The van der Waals surface area contributed by atoms with Gasteiger partial charge in [-0.1, -0.05) is 67.3 Å². The highest BCUT2D eigenvalue weighted by molar-refractivity contribution is 6.22. The lowest BCUT2D eigenvalue weighted by molar-refractivity contribution is -0.118. The number of aryl methyl sites for hydroxylation is 2. The van der Waals surface area contributed by atoms with Gasteiger partial charge in [0.1, 0.15) is 6.04 Å². The summed E-state index contributed by atoms with van der Waals surface area (Å²) in [4.78, 5) is 22.6. The molecular weight excluding hydrogens is 358 g/mol. The van der Waals surface area contributed by atoms with Crippen molar-refractivity contribution < 1.29 is 4.79 Å². The molecule has 4 nitrogen and oxygen atoms in total. The second kappa shape index (κ2) is 8.40. The Morgan fingerprint density at radius 2 is 1.76 bits per heavy atom. The molecule has 0 radical (unpaired) electrons. The van der Waals surface area contributed by atoms with Crippen molar-refractivity contribution in [2.24, 2.45) is 4.99 Å². The van der Waals surface area contributed by atoms with E-state index in [-0.39, 0.29) is 11.9 Å². The summed E-state index contributed by atoms with van der Waals surface area (Å²) in [6, 6.07) is 16.6. The fraction of sp³-hybridized carbons (Fsp3) is 0.440. The summed E-state index contributed by atoms with van der Waals surface area (Å²) in [6.07, 6.45) is 6.82. The van der Waals surface area contributed by atoms with Crippen LogP contribution in [0.5, 0.6) is 0 Å². The number of hydrogen-bond acceptors (Lipinski definition) is 3. The third kappa shape index (κ3) is 4.07. The molecule has 1 aliphatic heterocycles. The van der Waals surface area contributed by atoms with E-state index in [1.165, 1.54) is 37.7 Å². The Bertz CT molecular complexity index is 900. The number of carbonyl (C=O) groups is 1. The van der Waals surface area contributed by atoms with Crippen LogP contribution >= 0.6 is 0 Å². The number of rotatable bonds is 4. The second-order valence-corrected chi connectivity index (χ2v) is 8.50. The Balaban J connectivity index is 1.68. The molecule has 1 amide bonds. The summed E-state index contributed by atoms with van der Waals surface area (Å²) in [6.45, 7) is 4.17. The summed E-state index contributed by atoms with van der Waals surface area (Å²) in [5.74, 6) is 0.897. The van der Waals surface area contributed by atoms with Crippen LogP contribution in [0.1, 0.15) is 48.8 Å². The molecule has 1 saturated carbocycles. The zero-order valence-electron chi connectivity index (χ0n) is 17.8. The van der Waals surface area contributed by atoms with Gasteiger partial charge < -0.3 is 4.90 Å². The lowest BCUT2D eigenvalue weighted by atomic mass is 9.94. The molecule has 152 valence electrons. The van der Waals surface area contributed by atoms with Gasteiger partial charge in [0.15, 0.2) is 0 Å². The van der Waals surface area contributed by atoms with E-state index in [4.69, 9.17) is 4.99 Å². The van der Waals surface area contributed by atoms with Gasteiger partial charge in [0.25, 0.3) is 5.91 Å². The molecule has 2 aromatic rings. The Morgan fingerprint density at radius 1 is 1.03 bits per heavy atom. The van der Waals surface area contributed by atoms with Gasteiger partial charge in [0, 0.05) is 19.5 Å². The average molecular weight is 390 g/mol. The van der Waals surface area contributed by atoms with E-state index in [1.807, 2.05) is 23.1 Å². The zero-order chi connectivity index (χ0) is 20.4. The molecule has 1 atom stereocenters. The van der Waals surface area contributed by atoms with Crippen molar-refractivity contribution in [2.75, 3.05) is 11.9 Å². The number of aliphatic imine (C=N–C) groups is 1. The molecule has 4 rings (SSSR count). The van der Waals surface area contributed by atoms with Crippen molar-refractivity contribution in [1.29, 1.82) is 0 Å². The second-order valence-electron chi connectivity index (χ2n) is 8.50. The molecular formula is C25H31N3O. The largest absolute Gasteiger partial charge is 0.342 e. The fourth-order valence-electron chi connectivity index (χ4n) is 4.63. The van der Waals surface area contributed by atoms with Crippen LogP contribution in [0, 0.1) is 13.8 Å². The standard InChI is InChI=1S/C25H31N3O/c1-18-14-15-23(19(2)16-18)28-24(29)22(17-20-10-6-4-7-11-20)26-25(28)27(3)21-12-8-5-9-13-21/h4,6-7,10-11,14-16,21-22H,5,8-9,12-13,17H2,1-3H3. The first-order valence-electron chi connectivity index (χ1n) is 10.8. The number of amides is 1. The zero-order valence-corrected chi connectivity index (χ0v) is 17.8. The maximum absolute atomic E-state index is 13.5. The molecule has 4 heteroatoms. The first-order valence-corrected chi connectivity index (χ1v) is 10.8. The highest BCUT2D eigenvalue weighted by Crippen LogP contribution is 2.31. The predicted molar refractivity (Wildman–Crippen MR) is 119 cm³/mol. The molecule has 1 heterocycles. The summed E-state index contributed by atoms with van der Waals surface area (Å²) in [5.41, 5.74) is 4.43. The van der Waals surface area contributed by atoms with Crippen LogP contribution in [-0.2, 0) is 11.2 Å². The highest BCUT2D eigenvalue weighted by Gasteiger charge is 2.39. The van der Waals surface area contributed by atoms with Gasteiger partial charge in [-0.05, 0) is 43.9 Å². The maximum Gasteiger partial charge on any atom is 0.259 e. The number of hydrogen-bond donors (Lipinski definition) is 0. The molecule has 0 N–H and O–H groups in total. The van der Waals surface area contributed by atoms with Crippen molar-refractivity contribution in [2.45, 2.75) is 64.5 Å². The molecule has 29 heavy (non-hydrogen) atoms. The minimum Gasteiger partial charge on any atom is -0.342 e. The van der Waals surface area contributed by atoms with Crippen molar-refractivity contribution >= 4 is 17.6 Å². The lowest BCUT2D eigenvalue weighted by Gasteiger charge is -2.35. The van der Waals surface area contributed by atoms with Crippen LogP contribution in [0.3, 0.4) is 0 Å². The van der Waals surface area contributed by atoms with Gasteiger partial charge in [0.05, 0.1) is 5.69 Å². The molecule has 0 spiro atoms. The Hall–Kier alpha value is -2.62. The smallest absolute Gasteiger partial charge is 0.259 e. The number of carbonyl (C=O) groups excluding carboxylic acids is 1. The molecule has 2 aliphatic rings. The first-order chi connectivity index (χ1) is 14.0. The summed E-state index contributed by atoms with van der Waals surface area (Å²) in [7, 11) is 2.11. The molecule has 1 unspecified atom stereocenters. The Morgan fingerprint density at radius 3 is 2.45 bits per heavy atom. The third-order valence-corrected chi connectivity index (χ3v) is 6.28. The van der Waals surface area contributed by atoms with E-state index >= 15 is 0 Å². The highest BCUT2D eigenvalue weighted by atomic mass is 16.2. The van der Waals surface area contributed by atoms with Crippen LogP contribution < -0.4 is 4.90 Å². The number of benzene rings is 2. The first kappa shape index (κ1) is 19.7. The summed E-state index contributed by atoms with van der Waals surface area (Å²) >= 11 is 0. The Labute approximate surface area is 174 Å².